The monoisotopic (exact) mass is 208 g/mol. The lowest BCUT2D eigenvalue weighted by atomic mass is 9.83. The summed E-state index contributed by atoms with van der Waals surface area (Å²) in [5, 5.41) is 18.0. The molecule has 0 spiro atoms. The zero-order chi connectivity index (χ0) is 11.6. The molecular formula is C12H16O3. The Morgan fingerprint density at radius 1 is 1.33 bits per heavy atom. The first-order valence-electron chi connectivity index (χ1n) is 4.84. The van der Waals surface area contributed by atoms with E-state index in [0.29, 0.717) is 0 Å². The third-order valence-corrected chi connectivity index (χ3v) is 2.34. The van der Waals surface area contributed by atoms with Gasteiger partial charge in [0.05, 0.1) is 12.2 Å². The molecule has 0 radical (unpaired) electrons. The van der Waals surface area contributed by atoms with Crippen molar-refractivity contribution < 1.29 is 15.0 Å². The average molecular weight is 208 g/mol. The molecule has 3 nitrogen and oxygen atoms in total. The number of benzene rings is 1. The molecule has 82 valence electrons. The van der Waals surface area contributed by atoms with Crippen molar-refractivity contribution in [2.45, 2.75) is 32.8 Å². The summed E-state index contributed by atoms with van der Waals surface area (Å²) in [5.41, 5.74) is 1.76. The molecule has 0 saturated carbocycles. The Morgan fingerprint density at radius 2 is 1.93 bits per heavy atom. The molecular weight excluding hydrogens is 192 g/mol. The summed E-state index contributed by atoms with van der Waals surface area (Å²) < 4.78 is 0. The Labute approximate surface area is 89.4 Å². The summed E-state index contributed by atoms with van der Waals surface area (Å²) in [7, 11) is 0. The van der Waals surface area contributed by atoms with Crippen molar-refractivity contribution in [3.8, 4) is 0 Å². The summed E-state index contributed by atoms with van der Waals surface area (Å²) in [4.78, 5) is 10.8. The molecule has 15 heavy (non-hydrogen) atoms. The second kappa shape index (κ2) is 4.03. The van der Waals surface area contributed by atoms with Gasteiger partial charge in [-0.05, 0) is 28.7 Å². The van der Waals surface area contributed by atoms with Gasteiger partial charge in [-0.2, -0.15) is 0 Å². The van der Waals surface area contributed by atoms with Crippen LogP contribution >= 0.6 is 0 Å². The van der Waals surface area contributed by atoms with E-state index in [1.54, 1.807) is 12.1 Å². The molecule has 0 aliphatic carbocycles. The van der Waals surface area contributed by atoms with E-state index < -0.39 is 5.97 Å². The third-order valence-electron chi connectivity index (χ3n) is 2.34. The number of hydrogen-bond donors (Lipinski definition) is 2. The molecule has 0 heterocycles. The van der Waals surface area contributed by atoms with Crippen LogP contribution in [0.25, 0.3) is 0 Å². The number of carbonyl (C=O) groups is 1. The van der Waals surface area contributed by atoms with Gasteiger partial charge >= 0.3 is 5.97 Å². The van der Waals surface area contributed by atoms with Gasteiger partial charge in [0.1, 0.15) is 0 Å². The Morgan fingerprint density at radius 3 is 2.33 bits per heavy atom. The van der Waals surface area contributed by atoms with Gasteiger partial charge in [0.2, 0.25) is 0 Å². The Bertz CT molecular complexity index is 375. The van der Waals surface area contributed by atoms with Crippen LogP contribution in [0.4, 0.5) is 0 Å². The fourth-order valence-corrected chi connectivity index (χ4v) is 1.55. The number of aromatic carboxylic acids is 1. The quantitative estimate of drug-likeness (QED) is 0.783. The maximum Gasteiger partial charge on any atom is 0.335 e. The molecule has 0 atom stereocenters. The maximum atomic E-state index is 10.8. The van der Waals surface area contributed by atoms with Crippen molar-refractivity contribution in [1.82, 2.24) is 0 Å². The molecule has 0 unspecified atom stereocenters. The Kier molecular flexibility index (Phi) is 3.15. The summed E-state index contributed by atoms with van der Waals surface area (Å²) in [6.45, 7) is 5.92. The van der Waals surface area contributed by atoms with E-state index in [1.165, 1.54) is 6.07 Å². The van der Waals surface area contributed by atoms with Crippen molar-refractivity contribution in [2.75, 3.05) is 0 Å². The Balaban J connectivity index is 3.32. The first-order chi connectivity index (χ1) is 6.86. The number of carboxylic acids is 1. The van der Waals surface area contributed by atoms with Crippen molar-refractivity contribution in [2.24, 2.45) is 0 Å². The fourth-order valence-electron chi connectivity index (χ4n) is 1.55. The highest BCUT2D eigenvalue weighted by molar-refractivity contribution is 5.88. The van der Waals surface area contributed by atoms with Gasteiger partial charge < -0.3 is 10.2 Å². The molecule has 0 aliphatic rings. The lowest BCUT2D eigenvalue weighted by Gasteiger charge is -2.22. The number of rotatable bonds is 2. The van der Waals surface area contributed by atoms with E-state index in [9.17, 15) is 4.79 Å². The minimum absolute atomic E-state index is 0.0630. The van der Waals surface area contributed by atoms with Gasteiger partial charge in [-0.1, -0.05) is 26.8 Å². The van der Waals surface area contributed by atoms with Gasteiger partial charge in [-0.3, -0.25) is 0 Å². The van der Waals surface area contributed by atoms with Gasteiger partial charge in [-0.25, -0.2) is 4.79 Å². The third kappa shape index (κ3) is 2.57. The van der Waals surface area contributed by atoms with E-state index in [-0.39, 0.29) is 17.6 Å². The highest BCUT2D eigenvalue weighted by Gasteiger charge is 2.19. The van der Waals surface area contributed by atoms with Crippen LogP contribution in [0.1, 0.15) is 42.3 Å². The lowest BCUT2D eigenvalue weighted by molar-refractivity contribution is 0.0696. The van der Waals surface area contributed by atoms with Crippen LogP contribution in [0.3, 0.4) is 0 Å². The predicted octanol–water partition coefficient (Wildman–Crippen LogP) is 2.17. The molecule has 0 saturated heterocycles. The topological polar surface area (TPSA) is 57.5 Å². The first-order valence-corrected chi connectivity index (χ1v) is 4.84. The van der Waals surface area contributed by atoms with Gasteiger partial charge in [-0.15, -0.1) is 0 Å². The predicted molar refractivity (Wildman–Crippen MR) is 58.0 cm³/mol. The molecule has 3 heteroatoms. The van der Waals surface area contributed by atoms with Crippen LogP contribution in [-0.2, 0) is 12.0 Å². The van der Waals surface area contributed by atoms with E-state index in [2.05, 4.69) is 0 Å². The number of carboxylic acid groups (broad SMARTS) is 1. The minimum Gasteiger partial charge on any atom is -0.478 e. The molecule has 1 aromatic rings. The van der Waals surface area contributed by atoms with Crippen molar-refractivity contribution in [3.05, 3.63) is 34.9 Å². The molecule has 0 fully saturated rings. The van der Waals surface area contributed by atoms with Crippen LogP contribution in [0.2, 0.25) is 0 Å². The van der Waals surface area contributed by atoms with Crippen LogP contribution in [-0.4, -0.2) is 16.2 Å². The SMILES string of the molecule is CC(C)(C)c1cc(C(=O)O)ccc1CO. The fraction of sp³-hybridized carbons (Fsp3) is 0.417. The van der Waals surface area contributed by atoms with E-state index in [1.807, 2.05) is 20.8 Å². The maximum absolute atomic E-state index is 10.8. The zero-order valence-corrected chi connectivity index (χ0v) is 9.24. The van der Waals surface area contributed by atoms with E-state index in [0.717, 1.165) is 11.1 Å². The zero-order valence-electron chi connectivity index (χ0n) is 9.24. The average Bonchev–Trinajstić information content (AvgIpc) is 2.15. The van der Waals surface area contributed by atoms with Crippen LogP contribution in [0, 0.1) is 0 Å². The van der Waals surface area contributed by atoms with Gasteiger partial charge in [0.15, 0.2) is 0 Å². The van der Waals surface area contributed by atoms with Crippen molar-refractivity contribution in [1.29, 1.82) is 0 Å². The van der Waals surface area contributed by atoms with Crippen molar-refractivity contribution in [3.63, 3.8) is 0 Å². The van der Waals surface area contributed by atoms with Crippen LogP contribution < -0.4 is 0 Å². The van der Waals surface area contributed by atoms with Crippen LogP contribution in [0.5, 0.6) is 0 Å². The van der Waals surface area contributed by atoms with Gasteiger partial charge in [0.25, 0.3) is 0 Å². The minimum atomic E-state index is -0.940. The van der Waals surface area contributed by atoms with Crippen molar-refractivity contribution >= 4 is 5.97 Å². The van der Waals surface area contributed by atoms with Crippen LogP contribution in [0.15, 0.2) is 18.2 Å². The Hall–Kier alpha value is -1.35. The summed E-state index contributed by atoms with van der Waals surface area (Å²) >= 11 is 0. The number of aliphatic hydroxyl groups excluding tert-OH is 1. The number of aliphatic hydroxyl groups is 1. The molecule has 0 aliphatic heterocycles. The first kappa shape index (κ1) is 11.7. The highest BCUT2D eigenvalue weighted by Crippen LogP contribution is 2.27. The van der Waals surface area contributed by atoms with E-state index >= 15 is 0 Å². The largest absolute Gasteiger partial charge is 0.478 e. The number of hydrogen-bond acceptors (Lipinski definition) is 2. The molecule has 0 aromatic heterocycles. The molecule has 0 bridgehead atoms. The lowest BCUT2D eigenvalue weighted by Crippen LogP contribution is -2.15. The molecule has 0 amide bonds. The summed E-state index contributed by atoms with van der Waals surface area (Å²) in [5.74, 6) is -0.940. The molecule has 1 aromatic carbocycles. The second-order valence-electron chi connectivity index (χ2n) is 4.59. The van der Waals surface area contributed by atoms with E-state index in [4.69, 9.17) is 10.2 Å². The second-order valence-corrected chi connectivity index (χ2v) is 4.59. The normalized spacial score (nSPS) is 11.5. The smallest absolute Gasteiger partial charge is 0.335 e. The summed E-state index contributed by atoms with van der Waals surface area (Å²) in [6, 6.07) is 4.82. The highest BCUT2D eigenvalue weighted by atomic mass is 16.4. The molecule has 1 rings (SSSR count). The standard InChI is InChI=1S/C12H16O3/c1-12(2,3)10-6-8(11(14)15)4-5-9(10)7-13/h4-6,13H,7H2,1-3H3,(H,14,15). The van der Waals surface area contributed by atoms with Gasteiger partial charge in [0, 0.05) is 0 Å². The summed E-state index contributed by atoms with van der Waals surface area (Å²) in [6.07, 6.45) is 0. The molecule has 2 N–H and O–H groups in total.